The smallest absolute Gasteiger partial charge is 0.405 e. The molecule has 0 saturated heterocycles. The molecule has 20 heavy (non-hydrogen) atoms. The van der Waals surface area contributed by atoms with Crippen LogP contribution in [0.3, 0.4) is 0 Å². The van der Waals surface area contributed by atoms with Crippen molar-refractivity contribution in [3.63, 3.8) is 0 Å². The van der Waals surface area contributed by atoms with Crippen LogP contribution in [0.15, 0.2) is 22.7 Å². The van der Waals surface area contributed by atoms with Crippen molar-refractivity contribution in [2.24, 2.45) is 0 Å². The zero-order chi connectivity index (χ0) is 15.1. The van der Waals surface area contributed by atoms with Gasteiger partial charge in [-0.2, -0.15) is 11.8 Å². The van der Waals surface area contributed by atoms with Crippen LogP contribution in [0.4, 0.5) is 10.5 Å². The molecule has 0 aliphatic rings. The van der Waals surface area contributed by atoms with E-state index in [2.05, 4.69) is 26.6 Å². The van der Waals surface area contributed by atoms with Crippen LogP contribution in [0.5, 0.6) is 0 Å². The number of anilines is 1. The lowest BCUT2D eigenvalue weighted by Gasteiger charge is -2.17. The summed E-state index contributed by atoms with van der Waals surface area (Å²) in [5.74, 6) is 0.359. The Labute approximate surface area is 130 Å². The number of carboxylic acid groups (broad SMARTS) is 1. The molecule has 2 amide bonds. The summed E-state index contributed by atoms with van der Waals surface area (Å²) < 4.78 is 0.891. The Bertz CT molecular complexity index is 497. The van der Waals surface area contributed by atoms with Gasteiger partial charge in [-0.05, 0) is 43.0 Å². The number of halogens is 1. The molecule has 1 aromatic rings. The lowest BCUT2D eigenvalue weighted by atomic mass is 10.1. The van der Waals surface area contributed by atoms with Gasteiger partial charge in [-0.15, -0.1) is 0 Å². The second-order valence-corrected chi connectivity index (χ2v) is 6.03. The average Bonchev–Trinajstić information content (AvgIpc) is 2.39. The van der Waals surface area contributed by atoms with Crippen molar-refractivity contribution < 1.29 is 14.7 Å². The van der Waals surface area contributed by atoms with Gasteiger partial charge in [0.2, 0.25) is 5.91 Å². The minimum atomic E-state index is -1.20. The number of amides is 2. The van der Waals surface area contributed by atoms with Crippen LogP contribution in [0.25, 0.3) is 0 Å². The zero-order valence-electron chi connectivity index (χ0n) is 11.3. The third-order valence-corrected chi connectivity index (χ3v) is 4.25. The Morgan fingerprint density at radius 3 is 2.75 bits per heavy atom. The van der Waals surface area contributed by atoms with E-state index < -0.39 is 12.1 Å². The Hall–Kier alpha value is -1.21. The van der Waals surface area contributed by atoms with E-state index in [-0.39, 0.29) is 5.91 Å². The van der Waals surface area contributed by atoms with Gasteiger partial charge < -0.3 is 15.7 Å². The zero-order valence-corrected chi connectivity index (χ0v) is 13.7. The number of benzene rings is 1. The quantitative estimate of drug-likeness (QED) is 0.728. The van der Waals surface area contributed by atoms with E-state index in [1.807, 2.05) is 25.3 Å². The first-order valence-corrected chi connectivity index (χ1v) is 8.18. The molecular weight excluding hydrogens is 344 g/mol. The molecule has 0 saturated carbocycles. The molecule has 1 unspecified atom stereocenters. The van der Waals surface area contributed by atoms with Gasteiger partial charge in [0.15, 0.2) is 0 Å². The van der Waals surface area contributed by atoms with Crippen LogP contribution in [-0.4, -0.2) is 35.2 Å². The molecule has 0 aromatic heterocycles. The molecule has 0 aliphatic heterocycles. The van der Waals surface area contributed by atoms with Crippen molar-refractivity contribution >= 4 is 45.4 Å². The Balaban J connectivity index is 2.79. The highest BCUT2D eigenvalue weighted by Crippen LogP contribution is 2.23. The number of thioether (sulfide) groups is 1. The van der Waals surface area contributed by atoms with E-state index in [0.29, 0.717) is 17.9 Å². The number of carbonyl (C=O) groups excluding carboxylic acids is 1. The van der Waals surface area contributed by atoms with Crippen LogP contribution in [0, 0.1) is 6.92 Å². The Morgan fingerprint density at radius 1 is 1.45 bits per heavy atom. The van der Waals surface area contributed by atoms with Crippen LogP contribution >= 0.6 is 27.7 Å². The highest BCUT2D eigenvalue weighted by atomic mass is 79.9. The summed E-state index contributed by atoms with van der Waals surface area (Å²) in [5.41, 5.74) is 1.57. The average molecular weight is 361 g/mol. The van der Waals surface area contributed by atoms with Crippen LogP contribution in [-0.2, 0) is 4.79 Å². The highest BCUT2D eigenvalue weighted by Gasteiger charge is 2.20. The third kappa shape index (κ3) is 5.05. The number of nitrogens with one attached hydrogen (secondary N) is 2. The second kappa shape index (κ2) is 8.16. The van der Waals surface area contributed by atoms with Gasteiger partial charge in [0.25, 0.3) is 0 Å². The van der Waals surface area contributed by atoms with Crippen molar-refractivity contribution in [3.8, 4) is 0 Å². The molecule has 3 N–H and O–H groups in total. The predicted molar refractivity (Wildman–Crippen MR) is 85.5 cm³/mol. The second-order valence-electron chi connectivity index (χ2n) is 4.19. The van der Waals surface area contributed by atoms with Gasteiger partial charge >= 0.3 is 6.09 Å². The molecular formula is C13H17BrN2O3S. The number of carbonyl (C=O) groups is 2. The molecule has 0 aliphatic carbocycles. The molecule has 0 fully saturated rings. The number of hydrogen-bond acceptors (Lipinski definition) is 3. The van der Waals surface area contributed by atoms with Crippen molar-refractivity contribution in [2.45, 2.75) is 19.4 Å². The van der Waals surface area contributed by atoms with Gasteiger partial charge in [0.1, 0.15) is 6.04 Å². The van der Waals surface area contributed by atoms with Gasteiger partial charge in [0.05, 0.1) is 0 Å². The largest absolute Gasteiger partial charge is 0.465 e. The summed E-state index contributed by atoms with van der Waals surface area (Å²) in [6.45, 7) is 1.88. The van der Waals surface area contributed by atoms with Crippen LogP contribution in [0.1, 0.15) is 12.0 Å². The lowest BCUT2D eigenvalue weighted by Crippen LogP contribution is -2.43. The highest BCUT2D eigenvalue weighted by molar-refractivity contribution is 9.10. The van der Waals surface area contributed by atoms with Crippen molar-refractivity contribution in [3.05, 3.63) is 28.2 Å². The maximum atomic E-state index is 12.2. The molecule has 0 heterocycles. The maximum absolute atomic E-state index is 12.2. The van der Waals surface area contributed by atoms with E-state index >= 15 is 0 Å². The third-order valence-electron chi connectivity index (χ3n) is 2.75. The van der Waals surface area contributed by atoms with Gasteiger partial charge in [0, 0.05) is 10.2 Å². The molecule has 7 heteroatoms. The molecule has 0 spiro atoms. The van der Waals surface area contributed by atoms with E-state index in [0.717, 1.165) is 10.0 Å². The molecule has 1 aromatic carbocycles. The summed E-state index contributed by atoms with van der Waals surface area (Å²) in [5, 5.41) is 13.8. The lowest BCUT2D eigenvalue weighted by molar-refractivity contribution is -0.118. The fraction of sp³-hybridized carbons (Fsp3) is 0.385. The van der Waals surface area contributed by atoms with Crippen LogP contribution in [0.2, 0.25) is 0 Å². The number of hydrogen-bond donors (Lipinski definition) is 3. The van der Waals surface area contributed by atoms with Gasteiger partial charge in [-0.25, -0.2) is 4.79 Å². The Kier molecular flexibility index (Phi) is 6.87. The summed E-state index contributed by atoms with van der Waals surface area (Å²) in [4.78, 5) is 22.9. The fourth-order valence-electron chi connectivity index (χ4n) is 1.62. The fourth-order valence-corrected chi connectivity index (χ4v) is 2.45. The van der Waals surface area contributed by atoms with Crippen LogP contribution < -0.4 is 10.6 Å². The molecule has 0 bridgehead atoms. The molecule has 5 nitrogen and oxygen atoms in total. The van der Waals surface area contributed by atoms with Crippen molar-refractivity contribution in [1.82, 2.24) is 5.32 Å². The minimum absolute atomic E-state index is 0.345. The van der Waals surface area contributed by atoms with Gasteiger partial charge in [-0.1, -0.05) is 22.0 Å². The normalized spacial score (nSPS) is 11.8. The Morgan fingerprint density at radius 2 is 2.15 bits per heavy atom. The predicted octanol–water partition coefficient (Wildman–Crippen LogP) is 3.09. The first kappa shape index (κ1) is 16.8. The molecule has 110 valence electrons. The SMILES string of the molecule is CSCCC(NC(=O)O)C(=O)Nc1cccc(Br)c1C. The van der Waals surface area contributed by atoms with E-state index in [1.54, 1.807) is 17.8 Å². The maximum Gasteiger partial charge on any atom is 0.405 e. The van der Waals surface area contributed by atoms with Gasteiger partial charge in [-0.3, -0.25) is 4.79 Å². The molecule has 0 radical (unpaired) electrons. The topological polar surface area (TPSA) is 78.4 Å². The summed E-state index contributed by atoms with van der Waals surface area (Å²) in [6.07, 6.45) is 1.16. The van der Waals surface area contributed by atoms with Crippen molar-refractivity contribution in [1.29, 1.82) is 0 Å². The molecule has 1 rings (SSSR count). The van der Waals surface area contributed by atoms with E-state index in [1.165, 1.54) is 0 Å². The van der Waals surface area contributed by atoms with Crippen molar-refractivity contribution in [2.75, 3.05) is 17.3 Å². The first-order chi connectivity index (χ1) is 9.45. The minimum Gasteiger partial charge on any atom is -0.465 e. The van der Waals surface area contributed by atoms with E-state index in [4.69, 9.17) is 5.11 Å². The standard InChI is InChI=1S/C13H17BrN2O3S/c1-8-9(14)4-3-5-10(8)15-12(17)11(6-7-20-2)16-13(18)19/h3-5,11,16H,6-7H2,1-2H3,(H,15,17)(H,18,19). The number of rotatable bonds is 6. The monoisotopic (exact) mass is 360 g/mol. The summed E-state index contributed by atoms with van der Waals surface area (Å²) in [6, 6.07) is 4.72. The summed E-state index contributed by atoms with van der Waals surface area (Å²) >= 11 is 4.96. The molecule has 1 atom stereocenters. The van der Waals surface area contributed by atoms with E-state index in [9.17, 15) is 9.59 Å². The summed E-state index contributed by atoms with van der Waals surface area (Å²) in [7, 11) is 0. The first-order valence-electron chi connectivity index (χ1n) is 6.00.